The Balaban J connectivity index is 1.90. The van der Waals surface area contributed by atoms with Crippen molar-refractivity contribution in [1.82, 2.24) is 9.97 Å². The molecule has 0 radical (unpaired) electrons. The summed E-state index contributed by atoms with van der Waals surface area (Å²) in [5.74, 6) is 0.737. The molecule has 19 heavy (non-hydrogen) atoms. The fourth-order valence-electron chi connectivity index (χ4n) is 2.95. The van der Waals surface area contributed by atoms with Gasteiger partial charge in [-0.3, -0.25) is 4.79 Å². The average Bonchev–Trinajstić information content (AvgIpc) is 2.81. The maximum Gasteiger partial charge on any atom is 0.174 e. The van der Waals surface area contributed by atoms with Gasteiger partial charge in [0.05, 0.1) is 0 Å². The van der Waals surface area contributed by atoms with Gasteiger partial charge >= 0.3 is 0 Å². The highest BCUT2D eigenvalue weighted by atomic mass is 32.1. The Bertz CT molecular complexity index is 671. The fraction of sp³-hybridized carbons (Fsp3) is 0.333. The molecule has 2 atom stereocenters. The Labute approximate surface area is 117 Å². The molecule has 0 saturated heterocycles. The van der Waals surface area contributed by atoms with Crippen LogP contribution in [0.3, 0.4) is 0 Å². The summed E-state index contributed by atoms with van der Waals surface area (Å²) in [6.45, 7) is 2.19. The van der Waals surface area contributed by atoms with Crippen LogP contribution in [0.15, 0.2) is 30.5 Å². The lowest BCUT2D eigenvalue weighted by Crippen LogP contribution is -2.26. The molecule has 1 aromatic heterocycles. The van der Waals surface area contributed by atoms with E-state index in [4.69, 9.17) is 12.2 Å². The predicted octanol–water partition coefficient (Wildman–Crippen LogP) is 3.62. The molecule has 1 heterocycles. The van der Waals surface area contributed by atoms with E-state index in [0.717, 1.165) is 24.1 Å². The predicted molar refractivity (Wildman–Crippen MR) is 77.0 cm³/mol. The Morgan fingerprint density at radius 2 is 2.16 bits per heavy atom. The Hall–Kier alpha value is -1.68. The molecule has 3 rings (SSSR count). The second kappa shape index (κ2) is 4.78. The second-order valence-electron chi connectivity index (χ2n) is 5.26. The van der Waals surface area contributed by atoms with Gasteiger partial charge in [-0.25, -0.2) is 0 Å². The van der Waals surface area contributed by atoms with Crippen molar-refractivity contribution in [2.24, 2.45) is 5.92 Å². The SMILES string of the molecule is CC1CC(Cc2c[nH]c(=S)[nH]2)C(=O)c2ccccc21. The minimum atomic E-state index is 0.0475. The summed E-state index contributed by atoms with van der Waals surface area (Å²) in [6.07, 6.45) is 3.49. The lowest BCUT2D eigenvalue weighted by Gasteiger charge is -2.28. The third kappa shape index (κ3) is 2.28. The number of rotatable bonds is 2. The van der Waals surface area contributed by atoms with E-state index in [-0.39, 0.29) is 11.7 Å². The molecule has 0 aliphatic heterocycles. The first-order valence-corrected chi connectivity index (χ1v) is 6.95. The van der Waals surface area contributed by atoms with Crippen LogP contribution in [0.25, 0.3) is 0 Å². The molecule has 1 aliphatic carbocycles. The van der Waals surface area contributed by atoms with E-state index in [2.05, 4.69) is 23.0 Å². The fourth-order valence-corrected chi connectivity index (χ4v) is 3.14. The van der Waals surface area contributed by atoms with Gasteiger partial charge in [-0.15, -0.1) is 0 Å². The molecule has 0 saturated carbocycles. The van der Waals surface area contributed by atoms with Crippen molar-refractivity contribution >= 4 is 18.0 Å². The number of hydrogen-bond donors (Lipinski definition) is 2. The van der Waals surface area contributed by atoms with Crippen LogP contribution in [0.4, 0.5) is 0 Å². The summed E-state index contributed by atoms with van der Waals surface area (Å²) >= 11 is 5.02. The van der Waals surface area contributed by atoms with E-state index in [1.54, 1.807) is 0 Å². The monoisotopic (exact) mass is 272 g/mol. The summed E-state index contributed by atoms with van der Waals surface area (Å²) in [5, 5.41) is 0. The first kappa shape index (κ1) is 12.4. The van der Waals surface area contributed by atoms with Crippen molar-refractivity contribution in [2.45, 2.75) is 25.7 Å². The van der Waals surface area contributed by atoms with Gasteiger partial charge < -0.3 is 9.97 Å². The van der Waals surface area contributed by atoms with Gasteiger partial charge in [-0.2, -0.15) is 0 Å². The lowest BCUT2D eigenvalue weighted by atomic mass is 9.75. The van der Waals surface area contributed by atoms with Crippen LogP contribution in [0.1, 0.15) is 40.9 Å². The topological polar surface area (TPSA) is 48.6 Å². The third-order valence-electron chi connectivity index (χ3n) is 3.88. The standard InChI is InChI=1S/C15H16N2OS/c1-9-6-10(7-11-8-16-15(19)17-11)14(18)13-5-3-2-4-12(9)13/h2-5,8-10H,6-7H2,1H3,(H2,16,17,19). The molecule has 4 heteroatoms. The minimum Gasteiger partial charge on any atom is -0.337 e. The number of carbonyl (C=O) groups is 1. The summed E-state index contributed by atoms with van der Waals surface area (Å²) in [7, 11) is 0. The van der Waals surface area contributed by atoms with Crippen molar-refractivity contribution in [1.29, 1.82) is 0 Å². The summed E-state index contributed by atoms with van der Waals surface area (Å²) in [6, 6.07) is 7.96. The van der Waals surface area contributed by atoms with Crippen LogP contribution in [0.2, 0.25) is 0 Å². The number of Topliss-reactive ketones (excluding diaryl/α,β-unsaturated/α-hetero) is 1. The Kier molecular flexibility index (Phi) is 3.11. The third-order valence-corrected chi connectivity index (χ3v) is 4.10. The maximum atomic E-state index is 12.5. The van der Waals surface area contributed by atoms with Gasteiger partial charge in [-0.05, 0) is 36.5 Å². The van der Waals surface area contributed by atoms with Crippen LogP contribution < -0.4 is 0 Å². The number of H-pyrrole nitrogens is 2. The van der Waals surface area contributed by atoms with Crippen LogP contribution in [-0.4, -0.2) is 15.8 Å². The largest absolute Gasteiger partial charge is 0.337 e. The molecule has 0 bridgehead atoms. The number of benzene rings is 1. The number of carbonyl (C=O) groups excluding carboxylic acids is 1. The van der Waals surface area contributed by atoms with Crippen molar-refractivity contribution in [2.75, 3.05) is 0 Å². The molecule has 98 valence electrons. The van der Waals surface area contributed by atoms with Gasteiger partial charge in [-0.1, -0.05) is 31.2 Å². The molecule has 3 nitrogen and oxygen atoms in total. The van der Waals surface area contributed by atoms with Gasteiger partial charge in [0, 0.05) is 23.4 Å². The summed E-state index contributed by atoms with van der Waals surface area (Å²) < 4.78 is 0.617. The molecule has 2 aromatic rings. The number of imidazole rings is 1. The van der Waals surface area contributed by atoms with Crippen LogP contribution in [-0.2, 0) is 6.42 Å². The highest BCUT2D eigenvalue weighted by molar-refractivity contribution is 7.71. The molecule has 1 aliphatic rings. The zero-order valence-corrected chi connectivity index (χ0v) is 11.6. The zero-order valence-electron chi connectivity index (χ0n) is 10.8. The smallest absolute Gasteiger partial charge is 0.174 e. The van der Waals surface area contributed by atoms with Gasteiger partial charge in [0.2, 0.25) is 0 Å². The summed E-state index contributed by atoms with van der Waals surface area (Å²) in [4.78, 5) is 18.6. The quantitative estimate of drug-likeness (QED) is 0.820. The normalized spacial score (nSPS) is 22.3. The van der Waals surface area contributed by atoms with E-state index >= 15 is 0 Å². The molecule has 0 fully saturated rings. The second-order valence-corrected chi connectivity index (χ2v) is 5.67. The Morgan fingerprint density at radius 3 is 2.89 bits per heavy atom. The zero-order chi connectivity index (χ0) is 13.4. The highest BCUT2D eigenvalue weighted by Crippen LogP contribution is 2.35. The van der Waals surface area contributed by atoms with Gasteiger partial charge in [0.25, 0.3) is 0 Å². The lowest BCUT2D eigenvalue weighted by molar-refractivity contribution is 0.0892. The number of aromatic amines is 2. The van der Waals surface area contributed by atoms with Gasteiger partial charge in [0.15, 0.2) is 10.6 Å². The maximum absolute atomic E-state index is 12.5. The van der Waals surface area contributed by atoms with Crippen molar-refractivity contribution in [3.63, 3.8) is 0 Å². The molecular formula is C15H16N2OS. The first-order chi connectivity index (χ1) is 9.15. The van der Waals surface area contributed by atoms with Crippen LogP contribution >= 0.6 is 12.2 Å². The average molecular weight is 272 g/mol. The number of hydrogen-bond acceptors (Lipinski definition) is 2. The van der Waals surface area contributed by atoms with E-state index in [1.165, 1.54) is 5.56 Å². The first-order valence-electron chi connectivity index (χ1n) is 6.55. The van der Waals surface area contributed by atoms with E-state index in [0.29, 0.717) is 10.7 Å². The molecule has 2 N–H and O–H groups in total. The number of nitrogens with one attached hydrogen (secondary N) is 2. The van der Waals surface area contributed by atoms with E-state index < -0.39 is 0 Å². The minimum absolute atomic E-state index is 0.0475. The molecule has 0 spiro atoms. The van der Waals surface area contributed by atoms with Crippen molar-refractivity contribution in [3.8, 4) is 0 Å². The number of ketones is 1. The Morgan fingerprint density at radius 1 is 1.37 bits per heavy atom. The van der Waals surface area contributed by atoms with Gasteiger partial charge in [0.1, 0.15) is 0 Å². The highest BCUT2D eigenvalue weighted by Gasteiger charge is 2.31. The van der Waals surface area contributed by atoms with Crippen LogP contribution in [0, 0.1) is 10.7 Å². The van der Waals surface area contributed by atoms with E-state index in [1.807, 2.05) is 24.4 Å². The van der Waals surface area contributed by atoms with Crippen molar-refractivity contribution < 1.29 is 4.79 Å². The molecular weight excluding hydrogens is 256 g/mol. The van der Waals surface area contributed by atoms with Crippen LogP contribution in [0.5, 0.6) is 0 Å². The van der Waals surface area contributed by atoms with Crippen molar-refractivity contribution in [3.05, 3.63) is 52.1 Å². The molecule has 2 unspecified atom stereocenters. The van der Waals surface area contributed by atoms with E-state index in [9.17, 15) is 4.79 Å². The molecule has 0 amide bonds. The number of aromatic nitrogens is 2. The summed E-state index contributed by atoms with van der Waals surface area (Å²) in [5.41, 5.74) is 3.08. The number of fused-ring (bicyclic) bond motifs is 1. The molecule has 1 aromatic carbocycles.